The molecule has 1 saturated heterocycles. The largest absolute Gasteiger partial charge is 0.355 e. The normalized spacial score (nSPS) is 24.5. The predicted molar refractivity (Wildman–Crippen MR) is 97.1 cm³/mol. The highest BCUT2D eigenvalue weighted by Gasteiger charge is 2.35. The lowest BCUT2D eigenvalue weighted by molar-refractivity contribution is -0.125. The lowest BCUT2D eigenvalue weighted by atomic mass is 9.94. The fraction of sp³-hybridized carbons (Fsp3) is 0.389. The van der Waals surface area contributed by atoms with Crippen LogP contribution in [0.25, 0.3) is 10.8 Å². The molecule has 132 valence electrons. The maximum atomic E-state index is 12.9. The smallest absolute Gasteiger partial charge is 0.265 e. The number of nitrogens with one attached hydrogen (secondary N) is 2. The summed E-state index contributed by atoms with van der Waals surface area (Å²) in [6.45, 7) is 3.47. The number of carbonyl (C=O) groups is 1. The van der Waals surface area contributed by atoms with Crippen LogP contribution in [0.2, 0.25) is 0 Å². The van der Waals surface area contributed by atoms with Crippen molar-refractivity contribution in [3.05, 3.63) is 36.4 Å². The number of amides is 1. The zero-order valence-corrected chi connectivity index (χ0v) is 14.8. The van der Waals surface area contributed by atoms with Crippen molar-refractivity contribution in [2.45, 2.75) is 24.3 Å². The van der Waals surface area contributed by atoms with Gasteiger partial charge in [0.2, 0.25) is 5.91 Å². The van der Waals surface area contributed by atoms with Crippen molar-refractivity contribution >= 4 is 32.4 Å². The quantitative estimate of drug-likeness (QED) is 0.866. The van der Waals surface area contributed by atoms with Crippen LogP contribution in [0.3, 0.4) is 0 Å². The Kier molecular flexibility index (Phi) is 3.92. The zero-order chi connectivity index (χ0) is 17.6. The molecule has 2 aromatic carbocycles. The van der Waals surface area contributed by atoms with E-state index in [0.29, 0.717) is 24.5 Å². The summed E-state index contributed by atoms with van der Waals surface area (Å²) in [6.07, 6.45) is 0.927. The van der Waals surface area contributed by atoms with E-state index in [0.717, 1.165) is 22.9 Å². The molecule has 2 unspecified atom stereocenters. The molecule has 7 heteroatoms. The monoisotopic (exact) mass is 359 g/mol. The summed E-state index contributed by atoms with van der Waals surface area (Å²) in [4.78, 5) is 12.4. The minimum Gasteiger partial charge on any atom is -0.355 e. The number of piperidine rings is 1. The van der Waals surface area contributed by atoms with Crippen LogP contribution in [-0.2, 0) is 14.8 Å². The van der Waals surface area contributed by atoms with Crippen molar-refractivity contribution in [2.24, 2.45) is 5.92 Å². The van der Waals surface area contributed by atoms with Crippen molar-refractivity contribution in [3.8, 4) is 0 Å². The summed E-state index contributed by atoms with van der Waals surface area (Å²) in [7, 11) is -3.54. The van der Waals surface area contributed by atoms with Gasteiger partial charge in [0.25, 0.3) is 10.0 Å². The van der Waals surface area contributed by atoms with E-state index in [1.54, 1.807) is 12.1 Å². The van der Waals surface area contributed by atoms with Crippen molar-refractivity contribution in [1.29, 1.82) is 0 Å². The van der Waals surface area contributed by atoms with E-state index in [4.69, 9.17) is 0 Å². The number of hydrogen-bond acceptors (Lipinski definition) is 4. The molecule has 2 aliphatic rings. The van der Waals surface area contributed by atoms with Gasteiger partial charge in [-0.2, -0.15) is 0 Å². The molecular weight excluding hydrogens is 338 g/mol. The number of sulfonamides is 1. The summed E-state index contributed by atoms with van der Waals surface area (Å²) < 4.78 is 27.2. The first-order chi connectivity index (χ1) is 12.0. The van der Waals surface area contributed by atoms with Crippen LogP contribution in [0.5, 0.6) is 0 Å². The van der Waals surface area contributed by atoms with E-state index < -0.39 is 10.0 Å². The Labute approximate surface area is 147 Å². The number of benzene rings is 2. The van der Waals surface area contributed by atoms with E-state index in [1.807, 2.05) is 31.2 Å². The van der Waals surface area contributed by atoms with Crippen molar-refractivity contribution in [1.82, 2.24) is 10.6 Å². The summed E-state index contributed by atoms with van der Waals surface area (Å²) in [5.41, 5.74) is 0.719. The Morgan fingerprint density at radius 3 is 2.76 bits per heavy atom. The third-order valence-corrected chi connectivity index (χ3v) is 6.97. The third-order valence-electron chi connectivity index (χ3n) is 5.11. The van der Waals surface area contributed by atoms with E-state index in [2.05, 4.69) is 10.6 Å². The molecule has 0 radical (unpaired) electrons. The standard InChI is InChI=1S/C18H21N3O3S/c1-12-8-9-20-18(22)17(12)19-10-11-21-14-6-2-4-13-5-3-7-15(16(13)14)25(21,23)24/h2-7,12,17,19H,8-11H2,1H3,(H,20,22). The second-order valence-electron chi connectivity index (χ2n) is 6.70. The molecule has 0 saturated carbocycles. The number of hydrogen-bond donors (Lipinski definition) is 2. The molecule has 0 aromatic heterocycles. The molecule has 0 spiro atoms. The molecule has 1 fully saturated rings. The van der Waals surface area contributed by atoms with Crippen molar-refractivity contribution in [2.75, 3.05) is 23.9 Å². The van der Waals surface area contributed by atoms with Gasteiger partial charge < -0.3 is 10.6 Å². The lowest BCUT2D eigenvalue weighted by Gasteiger charge is -2.30. The summed E-state index contributed by atoms with van der Waals surface area (Å²) >= 11 is 0. The van der Waals surface area contributed by atoms with E-state index in [9.17, 15) is 13.2 Å². The highest BCUT2D eigenvalue weighted by molar-refractivity contribution is 7.93. The van der Waals surface area contributed by atoms with Crippen LogP contribution < -0.4 is 14.9 Å². The topological polar surface area (TPSA) is 78.5 Å². The Morgan fingerprint density at radius 1 is 1.24 bits per heavy atom. The second kappa shape index (κ2) is 6.00. The first-order valence-corrected chi connectivity index (χ1v) is 10.00. The van der Waals surface area contributed by atoms with Gasteiger partial charge in [-0.1, -0.05) is 31.2 Å². The van der Waals surface area contributed by atoms with Crippen molar-refractivity contribution in [3.63, 3.8) is 0 Å². The van der Waals surface area contributed by atoms with Gasteiger partial charge in [-0.25, -0.2) is 8.42 Å². The number of carbonyl (C=O) groups excluding carboxylic acids is 1. The van der Waals surface area contributed by atoms with Gasteiger partial charge in [-0.3, -0.25) is 9.10 Å². The average Bonchev–Trinajstić information content (AvgIpc) is 2.81. The Morgan fingerprint density at radius 2 is 2.00 bits per heavy atom. The Hall–Kier alpha value is -2.12. The SMILES string of the molecule is CC1CCNC(=O)C1NCCN1c2cccc3cccc(c23)S1(=O)=O. The third kappa shape index (κ3) is 2.58. The molecule has 25 heavy (non-hydrogen) atoms. The van der Waals surface area contributed by atoms with Gasteiger partial charge in [0, 0.05) is 25.0 Å². The molecular formula is C18H21N3O3S. The fourth-order valence-electron chi connectivity index (χ4n) is 3.77. The molecule has 1 amide bonds. The Bertz CT molecular complexity index is 936. The number of nitrogens with zero attached hydrogens (tertiary/aromatic N) is 1. The van der Waals surface area contributed by atoms with E-state index in [1.165, 1.54) is 4.31 Å². The van der Waals surface area contributed by atoms with Gasteiger partial charge >= 0.3 is 0 Å². The first-order valence-electron chi connectivity index (χ1n) is 8.56. The van der Waals surface area contributed by atoms with Crippen LogP contribution in [0.4, 0.5) is 5.69 Å². The predicted octanol–water partition coefficient (Wildman–Crippen LogP) is 1.46. The maximum Gasteiger partial charge on any atom is 0.265 e. The van der Waals surface area contributed by atoms with Crippen LogP contribution in [-0.4, -0.2) is 40.0 Å². The van der Waals surface area contributed by atoms with Gasteiger partial charge in [0.1, 0.15) is 0 Å². The molecule has 2 aromatic rings. The molecule has 0 aliphatic carbocycles. The minimum atomic E-state index is -3.54. The van der Waals surface area contributed by atoms with E-state index in [-0.39, 0.29) is 17.9 Å². The molecule has 2 N–H and O–H groups in total. The second-order valence-corrected chi connectivity index (χ2v) is 8.53. The molecule has 2 heterocycles. The Balaban J connectivity index is 1.56. The number of anilines is 1. The molecule has 2 atom stereocenters. The van der Waals surface area contributed by atoms with Crippen LogP contribution in [0, 0.1) is 5.92 Å². The van der Waals surface area contributed by atoms with Gasteiger partial charge in [-0.15, -0.1) is 0 Å². The average molecular weight is 359 g/mol. The molecule has 0 bridgehead atoms. The summed E-state index contributed by atoms with van der Waals surface area (Å²) in [5, 5.41) is 7.79. The zero-order valence-electron chi connectivity index (χ0n) is 14.0. The van der Waals surface area contributed by atoms with Crippen LogP contribution >= 0.6 is 0 Å². The van der Waals surface area contributed by atoms with E-state index >= 15 is 0 Å². The first kappa shape index (κ1) is 16.4. The van der Waals surface area contributed by atoms with Crippen molar-refractivity contribution < 1.29 is 13.2 Å². The van der Waals surface area contributed by atoms with Crippen LogP contribution in [0.15, 0.2) is 41.3 Å². The van der Waals surface area contributed by atoms with Gasteiger partial charge in [0.05, 0.1) is 16.6 Å². The highest BCUT2D eigenvalue weighted by atomic mass is 32.2. The maximum absolute atomic E-state index is 12.9. The number of rotatable bonds is 4. The lowest BCUT2D eigenvalue weighted by Crippen LogP contribution is -2.54. The molecule has 6 nitrogen and oxygen atoms in total. The molecule has 4 rings (SSSR count). The van der Waals surface area contributed by atoms with Gasteiger partial charge in [0.15, 0.2) is 0 Å². The van der Waals surface area contributed by atoms with Gasteiger partial charge in [-0.05, 0) is 29.9 Å². The summed E-state index contributed by atoms with van der Waals surface area (Å²) in [5.74, 6) is 0.234. The highest BCUT2D eigenvalue weighted by Crippen LogP contribution is 2.41. The fourth-order valence-corrected chi connectivity index (χ4v) is 5.48. The van der Waals surface area contributed by atoms with Crippen LogP contribution in [0.1, 0.15) is 13.3 Å². The molecule has 2 aliphatic heterocycles. The minimum absolute atomic E-state index is 0.00610. The summed E-state index contributed by atoms with van der Waals surface area (Å²) in [6, 6.07) is 10.7.